The molecule has 2 aromatic rings. The number of hydrazone groups is 1. The topological polar surface area (TPSA) is 59.9 Å². The zero-order valence-corrected chi connectivity index (χ0v) is 15.5. The van der Waals surface area contributed by atoms with E-state index < -0.39 is 11.7 Å². The van der Waals surface area contributed by atoms with Gasteiger partial charge < -0.3 is 9.47 Å². The van der Waals surface area contributed by atoms with Crippen molar-refractivity contribution in [2.45, 2.75) is 32.6 Å². The highest BCUT2D eigenvalue weighted by molar-refractivity contribution is 5.83. The van der Waals surface area contributed by atoms with Crippen LogP contribution in [0.3, 0.4) is 0 Å². The molecule has 1 amide bonds. The van der Waals surface area contributed by atoms with Crippen LogP contribution in [0.1, 0.15) is 38.2 Å². The van der Waals surface area contributed by atoms with E-state index in [1.54, 1.807) is 12.1 Å². The number of nitrogens with one attached hydrogen (secondary N) is 1. The van der Waals surface area contributed by atoms with Crippen LogP contribution >= 0.6 is 0 Å². The standard InChI is InChI=1S/C21H25FN2O3/c1-2-3-4-7-14-26-18-12-10-17(11-13-18)15-23-24-21(25)16-27-20-9-6-5-8-19(20)22/h5-6,8-13,15H,2-4,7,14,16H2,1H3,(H,24,25)/b23-15-. The van der Waals surface area contributed by atoms with Gasteiger partial charge in [0.15, 0.2) is 18.2 Å². The van der Waals surface area contributed by atoms with Crippen LogP contribution in [0.4, 0.5) is 4.39 Å². The van der Waals surface area contributed by atoms with Crippen molar-refractivity contribution in [2.24, 2.45) is 5.10 Å². The number of hydrogen-bond donors (Lipinski definition) is 1. The highest BCUT2D eigenvalue weighted by Gasteiger charge is 2.05. The molecule has 0 aromatic heterocycles. The lowest BCUT2D eigenvalue weighted by Crippen LogP contribution is -2.24. The molecule has 0 bridgehead atoms. The first-order valence-corrected chi connectivity index (χ1v) is 9.11. The monoisotopic (exact) mass is 372 g/mol. The molecule has 5 nitrogen and oxygen atoms in total. The van der Waals surface area contributed by atoms with Crippen LogP contribution in [0.25, 0.3) is 0 Å². The molecule has 144 valence electrons. The van der Waals surface area contributed by atoms with Crippen molar-refractivity contribution >= 4 is 12.1 Å². The maximum absolute atomic E-state index is 13.4. The molecule has 0 heterocycles. The third-order valence-electron chi connectivity index (χ3n) is 3.75. The van der Waals surface area contributed by atoms with E-state index in [1.165, 1.54) is 37.6 Å². The Morgan fingerprint density at radius 3 is 2.59 bits per heavy atom. The third-order valence-corrected chi connectivity index (χ3v) is 3.75. The van der Waals surface area contributed by atoms with Gasteiger partial charge in [-0.3, -0.25) is 4.79 Å². The van der Waals surface area contributed by atoms with Crippen molar-refractivity contribution in [1.29, 1.82) is 0 Å². The normalized spacial score (nSPS) is 10.7. The molecule has 0 saturated carbocycles. The van der Waals surface area contributed by atoms with Crippen molar-refractivity contribution in [2.75, 3.05) is 13.2 Å². The molecule has 0 unspecified atom stereocenters. The molecule has 0 radical (unpaired) electrons. The fraction of sp³-hybridized carbons (Fsp3) is 0.333. The Labute approximate surface area is 159 Å². The van der Waals surface area contributed by atoms with Gasteiger partial charge in [-0.15, -0.1) is 0 Å². The van der Waals surface area contributed by atoms with Crippen molar-refractivity contribution in [3.8, 4) is 11.5 Å². The Bertz CT molecular complexity index is 732. The van der Waals surface area contributed by atoms with E-state index in [4.69, 9.17) is 9.47 Å². The van der Waals surface area contributed by atoms with Gasteiger partial charge in [-0.2, -0.15) is 5.10 Å². The SMILES string of the molecule is CCCCCCOc1ccc(/C=N\NC(=O)COc2ccccc2F)cc1. The summed E-state index contributed by atoms with van der Waals surface area (Å²) in [6.45, 7) is 2.58. The number of ether oxygens (including phenoxy) is 2. The molecule has 0 aliphatic heterocycles. The summed E-state index contributed by atoms with van der Waals surface area (Å²) >= 11 is 0. The number of carbonyl (C=O) groups excluding carboxylic acids is 1. The first-order chi connectivity index (χ1) is 13.2. The minimum absolute atomic E-state index is 0.0295. The van der Waals surface area contributed by atoms with E-state index in [0.717, 1.165) is 17.7 Å². The zero-order chi connectivity index (χ0) is 19.3. The number of hydrogen-bond acceptors (Lipinski definition) is 4. The number of amides is 1. The summed E-state index contributed by atoms with van der Waals surface area (Å²) in [5.41, 5.74) is 3.16. The van der Waals surface area contributed by atoms with E-state index in [9.17, 15) is 9.18 Å². The van der Waals surface area contributed by atoms with Gasteiger partial charge in [0.2, 0.25) is 0 Å². The molecule has 0 fully saturated rings. The van der Waals surface area contributed by atoms with Gasteiger partial charge in [-0.05, 0) is 48.4 Å². The van der Waals surface area contributed by atoms with Crippen LogP contribution < -0.4 is 14.9 Å². The van der Waals surface area contributed by atoms with Gasteiger partial charge >= 0.3 is 0 Å². The Morgan fingerprint density at radius 1 is 1.07 bits per heavy atom. The lowest BCUT2D eigenvalue weighted by atomic mass is 10.2. The Balaban J connectivity index is 1.69. The van der Waals surface area contributed by atoms with E-state index in [2.05, 4.69) is 17.5 Å². The second kappa shape index (κ2) is 11.7. The lowest BCUT2D eigenvalue weighted by molar-refractivity contribution is -0.123. The largest absolute Gasteiger partial charge is 0.494 e. The molecule has 0 aliphatic carbocycles. The highest BCUT2D eigenvalue weighted by Crippen LogP contribution is 2.15. The van der Waals surface area contributed by atoms with Crippen molar-refractivity contribution in [3.63, 3.8) is 0 Å². The number of benzene rings is 2. The molecular formula is C21H25FN2O3. The van der Waals surface area contributed by atoms with E-state index >= 15 is 0 Å². The van der Waals surface area contributed by atoms with Crippen LogP contribution in [0.2, 0.25) is 0 Å². The minimum Gasteiger partial charge on any atom is -0.494 e. The smallest absolute Gasteiger partial charge is 0.277 e. The summed E-state index contributed by atoms with van der Waals surface area (Å²) in [4.78, 5) is 11.7. The molecule has 27 heavy (non-hydrogen) atoms. The van der Waals surface area contributed by atoms with Crippen LogP contribution in [-0.4, -0.2) is 25.3 Å². The third kappa shape index (κ3) is 7.90. The maximum Gasteiger partial charge on any atom is 0.277 e. The fourth-order valence-corrected chi connectivity index (χ4v) is 2.29. The van der Waals surface area contributed by atoms with Gasteiger partial charge in [0.25, 0.3) is 5.91 Å². The summed E-state index contributed by atoms with van der Waals surface area (Å²) in [7, 11) is 0. The van der Waals surface area contributed by atoms with Gasteiger partial charge in [0, 0.05) is 0 Å². The lowest BCUT2D eigenvalue weighted by Gasteiger charge is -2.06. The fourth-order valence-electron chi connectivity index (χ4n) is 2.29. The zero-order valence-electron chi connectivity index (χ0n) is 15.5. The molecule has 1 N–H and O–H groups in total. The number of unbranched alkanes of at least 4 members (excludes halogenated alkanes) is 3. The summed E-state index contributed by atoms with van der Waals surface area (Å²) in [5.74, 6) is -0.143. The minimum atomic E-state index is -0.513. The predicted octanol–water partition coefficient (Wildman–Crippen LogP) is 4.31. The van der Waals surface area contributed by atoms with Crippen molar-refractivity contribution in [3.05, 3.63) is 59.9 Å². The molecule has 2 aromatic carbocycles. The first-order valence-electron chi connectivity index (χ1n) is 9.11. The van der Waals surface area contributed by atoms with E-state index in [1.807, 2.05) is 24.3 Å². The van der Waals surface area contributed by atoms with Gasteiger partial charge in [0.1, 0.15) is 5.75 Å². The summed E-state index contributed by atoms with van der Waals surface area (Å²) < 4.78 is 24.2. The molecule has 6 heteroatoms. The average molecular weight is 372 g/mol. The van der Waals surface area contributed by atoms with E-state index in [0.29, 0.717) is 6.61 Å². The molecular weight excluding hydrogens is 347 g/mol. The predicted molar refractivity (Wildman–Crippen MR) is 104 cm³/mol. The van der Waals surface area contributed by atoms with Gasteiger partial charge in [-0.1, -0.05) is 38.3 Å². The summed E-state index contributed by atoms with van der Waals surface area (Å²) in [6, 6.07) is 13.3. The number of para-hydroxylation sites is 1. The second-order valence-electron chi connectivity index (χ2n) is 5.99. The summed E-state index contributed by atoms with van der Waals surface area (Å²) in [5, 5.41) is 3.86. The first kappa shape index (κ1) is 20.4. The Morgan fingerprint density at radius 2 is 1.85 bits per heavy atom. The van der Waals surface area contributed by atoms with Crippen LogP contribution in [0, 0.1) is 5.82 Å². The molecule has 0 saturated heterocycles. The van der Waals surface area contributed by atoms with Gasteiger partial charge in [-0.25, -0.2) is 9.82 Å². The van der Waals surface area contributed by atoms with Crippen LogP contribution in [-0.2, 0) is 4.79 Å². The van der Waals surface area contributed by atoms with Gasteiger partial charge in [0.05, 0.1) is 12.8 Å². The highest BCUT2D eigenvalue weighted by atomic mass is 19.1. The Hall–Kier alpha value is -2.89. The quantitative estimate of drug-likeness (QED) is 0.363. The summed E-state index contributed by atoms with van der Waals surface area (Å²) in [6.07, 6.45) is 6.20. The number of halogens is 1. The molecule has 0 spiro atoms. The average Bonchev–Trinajstić information content (AvgIpc) is 2.68. The number of rotatable bonds is 11. The molecule has 2 rings (SSSR count). The second-order valence-corrected chi connectivity index (χ2v) is 5.99. The molecule has 0 aliphatic rings. The van der Waals surface area contributed by atoms with Crippen molar-refractivity contribution < 1.29 is 18.7 Å². The number of carbonyl (C=O) groups is 1. The van der Waals surface area contributed by atoms with Crippen LogP contribution in [0.15, 0.2) is 53.6 Å². The number of nitrogens with zero attached hydrogens (tertiary/aromatic N) is 1. The van der Waals surface area contributed by atoms with Crippen LogP contribution in [0.5, 0.6) is 11.5 Å². The molecule has 0 atom stereocenters. The van der Waals surface area contributed by atoms with E-state index in [-0.39, 0.29) is 12.4 Å². The van der Waals surface area contributed by atoms with Crippen molar-refractivity contribution in [1.82, 2.24) is 5.43 Å². The Kier molecular flexibility index (Phi) is 8.83. The maximum atomic E-state index is 13.4.